The van der Waals surface area contributed by atoms with Gasteiger partial charge in [-0.15, -0.1) is 0 Å². The van der Waals surface area contributed by atoms with Crippen LogP contribution in [0.15, 0.2) is 60.7 Å². The highest BCUT2D eigenvalue weighted by atomic mass is 16.6. The smallest absolute Gasteiger partial charge is 0.271 e. The van der Waals surface area contributed by atoms with Crippen molar-refractivity contribution in [3.8, 4) is 0 Å². The number of nitrogens with zero attached hydrogens (tertiary/aromatic N) is 2. The number of hydrogen-bond acceptors (Lipinski definition) is 5. The van der Waals surface area contributed by atoms with Crippen LogP contribution in [0.1, 0.15) is 16.8 Å². The van der Waals surface area contributed by atoms with Crippen LogP contribution < -0.4 is 10.2 Å². The van der Waals surface area contributed by atoms with E-state index in [0.717, 1.165) is 6.42 Å². The SMILES string of the molecule is O=C(Nc1cccc([N+](=O)[O-])c1)c1ccc(N2C(=O)[C@@H]3[C@@H]4C=C[C@H]([C@H]5C[C@H]45)[C@@H]3C2=O)cc1. The van der Waals surface area contributed by atoms with E-state index in [1.54, 1.807) is 30.3 Å². The number of hydrogen-bond donors (Lipinski definition) is 1. The Bertz CT molecular complexity index is 1180. The molecule has 8 heteroatoms. The topological polar surface area (TPSA) is 110 Å². The Balaban J connectivity index is 1.21. The quantitative estimate of drug-likeness (QED) is 0.347. The summed E-state index contributed by atoms with van der Waals surface area (Å²) in [5, 5.41) is 13.5. The predicted octanol–water partition coefficient (Wildman–Crippen LogP) is 3.40. The third-order valence-electron chi connectivity index (χ3n) is 7.37. The van der Waals surface area contributed by atoms with E-state index in [4.69, 9.17) is 0 Å². The van der Waals surface area contributed by atoms with Crippen molar-refractivity contribution in [3.05, 3.63) is 76.4 Å². The molecule has 0 unspecified atom stereocenters. The Morgan fingerprint density at radius 3 is 2.19 bits per heavy atom. The number of carbonyl (C=O) groups excluding carboxylic acids is 3. The molecule has 160 valence electrons. The molecule has 1 saturated heterocycles. The maximum Gasteiger partial charge on any atom is 0.271 e. The second-order valence-corrected chi connectivity index (χ2v) is 8.97. The van der Waals surface area contributed by atoms with Crippen molar-refractivity contribution in [3.63, 3.8) is 0 Å². The lowest BCUT2D eigenvalue weighted by atomic mass is 9.63. The fraction of sp³-hybridized carbons (Fsp3) is 0.292. The maximum atomic E-state index is 13.2. The highest BCUT2D eigenvalue weighted by Crippen LogP contribution is 2.65. The van der Waals surface area contributed by atoms with Crippen LogP contribution in [-0.2, 0) is 9.59 Å². The minimum Gasteiger partial charge on any atom is -0.322 e. The molecule has 0 radical (unpaired) electrons. The van der Waals surface area contributed by atoms with Crippen molar-refractivity contribution in [2.45, 2.75) is 6.42 Å². The number of benzene rings is 2. The van der Waals surface area contributed by atoms with Crippen molar-refractivity contribution >= 4 is 34.8 Å². The molecule has 3 fully saturated rings. The standard InChI is InChI=1S/C24H19N3O5/c28-22(25-13-2-1-3-15(10-13)27(31)32)12-4-6-14(7-5-12)26-23(29)20-16-8-9-17(19-11-18(16)19)21(20)24(26)30/h1-10,16-21H,11H2,(H,25,28)/t16-,17-,18-,19-,20-,21+/m1/s1. The second-order valence-electron chi connectivity index (χ2n) is 8.97. The number of nitro benzene ring substituents is 1. The van der Waals surface area contributed by atoms with Gasteiger partial charge in [-0.1, -0.05) is 18.2 Å². The first-order valence-electron chi connectivity index (χ1n) is 10.7. The zero-order chi connectivity index (χ0) is 22.1. The van der Waals surface area contributed by atoms with E-state index < -0.39 is 10.8 Å². The van der Waals surface area contributed by atoms with Gasteiger partial charge < -0.3 is 5.32 Å². The van der Waals surface area contributed by atoms with Gasteiger partial charge in [0.15, 0.2) is 0 Å². The zero-order valence-corrected chi connectivity index (χ0v) is 16.9. The molecule has 8 nitrogen and oxygen atoms in total. The molecule has 6 atom stereocenters. The number of non-ortho nitro benzene ring substituents is 1. The Morgan fingerprint density at radius 1 is 0.969 bits per heavy atom. The van der Waals surface area contributed by atoms with Gasteiger partial charge in [-0.05, 0) is 60.4 Å². The zero-order valence-electron chi connectivity index (χ0n) is 16.9. The van der Waals surface area contributed by atoms with Gasteiger partial charge in [0.1, 0.15) is 0 Å². The van der Waals surface area contributed by atoms with Gasteiger partial charge in [-0.25, -0.2) is 0 Å². The first-order chi connectivity index (χ1) is 15.4. The van der Waals surface area contributed by atoms with Crippen LogP contribution in [0.3, 0.4) is 0 Å². The summed E-state index contributed by atoms with van der Waals surface area (Å²) in [6, 6.07) is 12.0. The van der Waals surface area contributed by atoms with Crippen LogP contribution in [0.2, 0.25) is 0 Å². The fourth-order valence-electron chi connectivity index (χ4n) is 5.87. The second kappa shape index (κ2) is 6.59. The number of nitrogens with one attached hydrogen (secondary N) is 1. The fourth-order valence-corrected chi connectivity index (χ4v) is 5.87. The van der Waals surface area contributed by atoms with Gasteiger partial charge in [0.2, 0.25) is 11.8 Å². The Hall–Kier alpha value is -3.81. The van der Waals surface area contributed by atoms with Gasteiger partial charge in [0.05, 0.1) is 22.4 Å². The molecule has 0 aromatic heterocycles. The minimum atomic E-state index is -0.530. The van der Waals surface area contributed by atoms with Gasteiger partial charge in [0.25, 0.3) is 11.6 Å². The lowest BCUT2D eigenvalue weighted by molar-refractivity contribution is -0.384. The van der Waals surface area contributed by atoms with E-state index in [1.807, 2.05) is 0 Å². The summed E-state index contributed by atoms with van der Waals surface area (Å²) >= 11 is 0. The molecule has 1 N–H and O–H groups in total. The van der Waals surface area contributed by atoms with Crippen molar-refractivity contribution in [1.82, 2.24) is 0 Å². The first-order valence-corrected chi connectivity index (χ1v) is 10.7. The molecule has 7 rings (SSSR count). The number of carbonyl (C=O) groups is 3. The highest BCUT2D eigenvalue weighted by molar-refractivity contribution is 6.22. The number of imide groups is 1. The van der Waals surface area contributed by atoms with Crippen LogP contribution in [0.5, 0.6) is 0 Å². The number of nitro groups is 1. The van der Waals surface area contributed by atoms with Gasteiger partial charge in [-0.2, -0.15) is 0 Å². The van der Waals surface area contributed by atoms with Crippen molar-refractivity contribution < 1.29 is 19.3 Å². The lowest BCUT2D eigenvalue weighted by Crippen LogP contribution is -2.40. The third-order valence-corrected chi connectivity index (χ3v) is 7.37. The van der Waals surface area contributed by atoms with Crippen LogP contribution in [0.25, 0.3) is 0 Å². The third kappa shape index (κ3) is 2.65. The molecule has 2 aromatic carbocycles. The van der Waals surface area contributed by atoms with E-state index >= 15 is 0 Å². The Labute approximate surface area is 183 Å². The van der Waals surface area contributed by atoms with Crippen LogP contribution in [-0.4, -0.2) is 22.6 Å². The summed E-state index contributed by atoms with van der Waals surface area (Å²) in [7, 11) is 0. The molecule has 3 amide bonds. The monoisotopic (exact) mass is 429 g/mol. The molecule has 1 heterocycles. The number of rotatable bonds is 4. The summed E-state index contributed by atoms with van der Waals surface area (Å²) in [5.74, 6) is 0.166. The van der Waals surface area contributed by atoms with E-state index in [0.29, 0.717) is 28.8 Å². The molecule has 5 aliphatic rings. The highest BCUT2D eigenvalue weighted by Gasteiger charge is 2.67. The van der Waals surface area contributed by atoms with Crippen LogP contribution >= 0.6 is 0 Å². The summed E-state index contributed by atoms with van der Waals surface area (Å²) in [5.41, 5.74) is 0.977. The summed E-state index contributed by atoms with van der Waals surface area (Å²) < 4.78 is 0. The molecule has 0 spiro atoms. The van der Waals surface area contributed by atoms with Crippen molar-refractivity contribution in [2.75, 3.05) is 10.2 Å². The van der Waals surface area contributed by atoms with E-state index in [2.05, 4.69) is 17.5 Å². The van der Waals surface area contributed by atoms with E-state index in [9.17, 15) is 24.5 Å². The first kappa shape index (κ1) is 18.9. The molecule has 4 aliphatic carbocycles. The molecule has 32 heavy (non-hydrogen) atoms. The Morgan fingerprint density at radius 2 is 1.59 bits per heavy atom. The average Bonchev–Trinajstić information content (AvgIpc) is 3.57. The largest absolute Gasteiger partial charge is 0.322 e. The van der Waals surface area contributed by atoms with E-state index in [1.165, 1.54) is 23.1 Å². The van der Waals surface area contributed by atoms with E-state index in [-0.39, 0.29) is 41.2 Å². The van der Waals surface area contributed by atoms with Gasteiger partial charge >= 0.3 is 0 Å². The molecule has 1 aliphatic heterocycles. The summed E-state index contributed by atoms with van der Waals surface area (Å²) in [4.78, 5) is 50.6. The molecular weight excluding hydrogens is 410 g/mol. The number of anilines is 2. The average molecular weight is 429 g/mol. The summed E-state index contributed by atoms with van der Waals surface area (Å²) in [6.45, 7) is 0. The molecule has 2 saturated carbocycles. The van der Waals surface area contributed by atoms with Crippen molar-refractivity contribution in [2.24, 2.45) is 35.5 Å². The van der Waals surface area contributed by atoms with Crippen LogP contribution in [0, 0.1) is 45.6 Å². The Kier molecular flexibility index (Phi) is 3.90. The normalized spacial score (nSPS) is 31.3. The van der Waals surface area contributed by atoms with Gasteiger partial charge in [0, 0.05) is 23.4 Å². The maximum absolute atomic E-state index is 13.2. The van der Waals surface area contributed by atoms with Crippen LogP contribution in [0.4, 0.5) is 17.1 Å². The molecule has 2 bridgehead atoms. The number of allylic oxidation sites excluding steroid dienone is 2. The lowest BCUT2D eigenvalue weighted by Gasteiger charge is -2.37. The predicted molar refractivity (Wildman–Crippen MR) is 115 cm³/mol. The van der Waals surface area contributed by atoms with Crippen molar-refractivity contribution in [1.29, 1.82) is 0 Å². The minimum absolute atomic E-state index is 0.119. The molecule has 2 aromatic rings. The molecular formula is C24H19N3O5. The van der Waals surface area contributed by atoms with Gasteiger partial charge in [-0.3, -0.25) is 29.4 Å². The summed E-state index contributed by atoms with van der Waals surface area (Å²) in [6.07, 6.45) is 5.39. The number of amides is 3.